The molecule has 0 unspecified atom stereocenters. The Morgan fingerprint density at radius 3 is 2.87 bits per heavy atom. The number of anilines is 2. The van der Waals surface area contributed by atoms with E-state index in [-0.39, 0.29) is 5.69 Å². The smallest absolute Gasteiger partial charge is 0.158 e. The molecule has 0 bridgehead atoms. The van der Waals surface area contributed by atoms with Crippen LogP contribution in [0, 0.1) is 17.2 Å². The van der Waals surface area contributed by atoms with Crippen LogP contribution < -0.4 is 14.8 Å². The number of nitriles is 1. The van der Waals surface area contributed by atoms with Crippen molar-refractivity contribution in [1.82, 2.24) is 25.1 Å². The van der Waals surface area contributed by atoms with Gasteiger partial charge >= 0.3 is 0 Å². The van der Waals surface area contributed by atoms with Gasteiger partial charge in [0.15, 0.2) is 11.5 Å². The Kier molecular flexibility index (Phi) is 6.29. The third-order valence-corrected chi connectivity index (χ3v) is 5.27. The summed E-state index contributed by atoms with van der Waals surface area (Å²) in [6, 6.07) is 9.58. The largest absolute Gasteiger partial charge is 0.496 e. The van der Waals surface area contributed by atoms with Gasteiger partial charge in [-0.1, -0.05) is 6.07 Å². The summed E-state index contributed by atoms with van der Waals surface area (Å²) in [5, 5.41) is 19.3. The molecule has 0 spiro atoms. The van der Waals surface area contributed by atoms with Crippen LogP contribution in [0.25, 0.3) is 11.3 Å². The lowest BCUT2D eigenvalue weighted by Gasteiger charge is -2.29. The number of ether oxygens (including phenoxy) is 2. The maximum absolute atomic E-state index is 8.85. The molecular weight excluding hydrogens is 394 g/mol. The molecule has 3 heterocycles. The Bertz CT molecular complexity index is 1060. The van der Waals surface area contributed by atoms with Crippen LogP contribution in [0.4, 0.5) is 11.6 Å². The van der Waals surface area contributed by atoms with Crippen LogP contribution >= 0.6 is 0 Å². The van der Waals surface area contributed by atoms with Crippen LogP contribution in [-0.4, -0.2) is 58.9 Å². The van der Waals surface area contributed by atoms with Crippen LogP contribution in [0.5, 0.6) is 11.5 Å². The number of methoxy groups -OCH3 is 1. The number of aromatic nitrogens is 4. The number of rotatable bonds is 7. The third-order valence-electron chi connectivity index (χ3n) is 5.27. The topological polar surface area (TPSA) is 112 Å². The van der Waals surface area contributed by atoms with Crippen LogP contribution in [0.1, 0.15) is 18.5 Å². The number of H-pyrrole nitrogens is 1. The normalized spacial score (nSPS) is 16.5. The maximum atomic E-state index is 8.85. The first-order chi connectivity index (χ1) is 15.2. The second-order valence-corrected chi connectivity index (χ2v) is 7.61. The Hall–Kier alpha value is -3.64. The second-order valence-electron chi connectivity index (χ2n) is 7.61. The molecular formula is C22H25N7O2. The van der Waals surface area contributed by atoms with Crippen molar-refractivity contribution in [3.8, 4) is 28.8 Å². The SMILES string of the molecule is COc1cccc(OC[C@H]2CCCN(C)C2)c1-c1cc(Nc2cnc(C#N)cn2)n[nH]1. The molecule has 9 nitrogen and oxygen atoms in total. The molecule has 0 aliphatic carbocycles. The Morgan fingerprint density at radius 1 is 1.26 bits per heavy atom. The fourth-order valence-corrected chi connectivity index (χ4v) is 3.78. The molecule has 0 saturated carbocycles. The number of nitrogens with one attached hydrogen (secondary N) is 2. The standard InChI is InChI=1S/C22H25N7O2/c1-29-8-4-5-15(13-29)14-31-19-7-3-6-18(30-2)22(19)17-9-20(28-27-17)26-21-12-24-16(10-23)11-25-21/h3,6-7,9,11-12,15H,4-5,8,13-14H2,1-2H3,(H2,25,26,27,28)/t15-/m0/s1. The number of likely N-dealkylation sites (tertiary alicyclic amines) is 1. The number of hydrogen-bond acceptors (Lipinski definition) is 8. The summed E-state index contributed by atoms with van der Waals surface area (Å²) >= 11 is 0. The van der Waals surface area contributed by atoms with Gasteiger partial charge in [-0.2, -0.15) is 10.4 Å². The highest BCUT2D eigenvalue weighted by molar-refractivity contribution is 5.76. The zero-order valence-electron chi connectivity index (χ0n) is 17.6. The third kappa shape index (κ3) is 4.92. The lowest BCUT2D eigenvalue weighted by Crippen LogP contribution is -2.34. The molecule has 1 aliphatic heterocycles. The molecule has 160 valence electrons. The van der Waals surface area contributed by atoms with Crippen molar-refractivity contribution in [3.63, 3.8) is 0 Å². The van der Waals surface area contributed by atoms with E-state index in [0.717, 1.165) is 30.1 Å². The number of hydrogen-bond donors (Lipinski definition) is 2. The summed E-state index contributed by atoms with van der Waals surface area (Å²) in [5.41, 5.74) is 1.84. The minimum absolute atomic E-state index is 0.258. The number of nitrogens with zero attached hydrogens (tertiary/aromatic N) is 5. The predicted molar refractivity (Wildman–Crippen MR) is 116 cm³/mol. The highest BCUT2D eigenvalue weighted by Crippen LogP contribution is 2.38. The molecule has 1 aromatic carbocycles. The maximum Gasteiger partial charge on any atom is 0.158 e. The Morgan fingerprint density at radius 2 is 2.13 bits per heavy atom. The summed E-state index contributed by atoms with van der Waals surface area (Å²) < 4.78 is 11.8. The lowest BCUT2D eigenvalue weighted by atomic mass is 9.99. The van der Waals surface area contributed by atoms with Crippen LogP contribution in [0.15, 0.2) is 36.7 Å². The molecule has 9 heteroatoms. The highest BCUT2D eigenvalue weighted by atomic mass is 16.5. The summed E-state index contributed by atoms with van der Waals surface area (Å²) in [6.07, 6.45) is 5.27. The molecule has 1 aliphatic rings. The Labute approximate surface area is 181 Å². The van der Waals surface area contributed by atoms with Gasteiger partial charge in [0.05, 0.1) is 37.4 Å². The average molecular weight is 419 g/mol. The monoisotopic (exact) mass is 419 g/mol. The summed E-state index contributed by atoms with van der Waals surface area (Å²) in [6.45, 7) is 2.85. The van der Waals surface area contributed by atoms with Gasteiger partial charge in [-0.25, -0.2) is 9.97 Å². The van der Waals surface area contributed by atoms with Gasteiger partial charge < -0.3 is 19.7 Å². The van der Waals surface area contributed by atoms with E-state index in [4.69, 9.17) is 14.7 Å². The highest BCUT2D eigenvalue weighted by Gasteiger charge is 2.20. The van der Waals surface area contributed by atoms with Crippen LogP contribution in [0.3, 0.4) is 0 Å². The van der Waals surface area contributed by atoms with Crippen molar-refractivity contribution >= 4 is 11.6 Å². The van der Waals surface area contributed by atoms with Crippen molar-refractivity contribution in [1.29, 1.82) is 5.26 Å². The van der Waals surface area contributed by atoms with Crippen molar-refractivity contribution in [2.75, 3.05) is 39.2 Å². The van der Waals surface area contributed by atoms with E-state index in [1.807, 2.05) is 30.3 Å². The molecule has 2 aromatic heterocycles. The predicted octanol–water partition coefficient (Wildman–Crippen LogP) is 3.21. The van der Waals surface area contributed by atoms with Gasteiger partial charge in [-0.05, 0) is 38.6 Å². The van der Waals surface area contributed by atoms with E-state index >= 15 is 0 Å². The molecule has 0 radical (unpaired) electrons. The van der Waals surface area contributed by atoms with Gasteiger partial charge in [-0.15, -0.1) is 0 Å². The lowest BCUT2D eigenvalue weighted by molar-refractivity contribution is 0.150. The van der Waals surface area contributed by atoms with Crippen molar-refractivity contribution in [2.45, 2.75) is 12.8 Å². The zero-order valence-corrected chi connectivity index (χ0v) is 17.6. The summed E-state index contributed by atoms with van der Waals surface area (Å²) in [7, 11) is 3.79. The van der Waals surface area contributed by atoms with E-state index in [1.165, 1.54) is 25.2 Å². The number of aromatic amines is 1. The molecule has 0 amide bonds. The van der Waals surface area contributed by atoms with E-state index < -0.39 is 0 Å². The van der Waals surface area contributed by atoms with Crippen molar-refractivity contribution in [3.05, 3.63) is 42.4 Å². The first kappa shape index (κ1) is 20.6. The number of benzene rings is 1. The van der Waals surface area contributed by atoms with E-state index in [9.17, 15) is 0 Å². The fraction of sp³-hybridized carbons (Fsp3) is 0.364. The molecule has 2 N–H and O–H groups in total. The van der Waals surface area contributed by atoms with Gasteiger partial charge in [0.25, 0.3) is 0 Å². The van der Waals surface area contributed by atoms with Crippen molar-refractivity contribution < 1.29 is 9.47 Å². The summed E-state index contributed by atoms with van der Waals surface area (Å²) in [5.74, 6) is 3.02. The molecule has 1 fully saturated rings. The average Bonchev–Trinajstić information content (AvgIpc) is 3.26. The molecule has 31 heavy (non-hydrogen) atoms. The van der Waals surface area contributed by atoms with Crippen molar-refractivity contribution in [2.24, 2.45) is 5.92 Å². The van der Waals surface area contributed by atoms with E-state index in [0.29, 0.717) is 29.9 Å². The molecule has 3 aromatic rings. The van der Waals surface area contributed by atoms with Gasteiger partial charge in [-0.3, -0.25) is 5.10 Å². The quantitative estimate of drug-likeness (QED) is 0.600. The van der Waals surface area contributed by atoms with Crippen LogP contribution in [0.2, 0.25) is 0 Å². The molecule has 1 saturated heterocycles. The minimum Gasteiger partial charge on any atom is -0.496 e. The van der Waals surface area contributed by atoms with Gasteiger partial charge in [0.2, 0.25) is 0 Å². The molecule has 4 rings (SSSR count). The van der Waals surface area contributed by atoms with Gasteiger partial charge in [0, 0.05) is 18.5 Å². The first-order valence-electron chi connectivity index (χ1n) is 10.2. The zero-order chi connectivity index (χ0) is 21.6. The van der Waals surface area contributed by atoms with Crippen LogP contribution in [-0.2, 0) is 0 Å². The number of piperidine rings is 1. The van der Waals surface area contributed by atoms with E-state index in [1.54, 1.807) is 7.11 Å². The first-order valence-corrected chi connectivity index (χ1v) is 10.2. The summed E-state index contributed by atoms with van der Waals surface area (Å²) in [4.78, 5) is 10.5. The second kappa shape index (κ2) is 9.45. The minimum atomic E-state index is 0.258. The Balaban J connectivity index is 1.53. The van der Waals surface area contributed by atoms with Gasteiger partial charge in [0.1, 0.15) is 23.4 Å². The molecule has 1 atom stereocenters. The fourth-order valence-electron chi connectivity index (χ4n) is 3.78. The van der Waals surface area contributed by atoms with E-state index in [2.05, 4.69) is 37.4 Å².